The molecule has 0 aliphatic carbocycles. The second-order valence-electron chi connectivity index (χ2n) is 6.77. The highest BCUT2D eigenvalue weighted by molar-refractivity contribution is 6.05. The molecule has 7 heteroatoms. The molecule has 0 saturated heterocycles. The van der Waals surface area contributed by atoms with Gasteiger partial charge in [0.15, 0.2) is 11.5 Å². The number of rotatable bonds is 5. The molecule has 1 amide bonds. The summed E-state index contributed by atoms with van der Waals surface area (Å²) in [5, 5.41) is 3.22. The summed E-state index contributed by atoms with van der Waals surface area (Å²) >= 11 is 0. The average Bonchev–Trinajstić information content (AvgIpc) is 3.16. The van der Waals surface area contributed by atoms with Crippen LogP contribution >= 0.6 is 0 Å². The zero-order valence-electron chi connectivity index (χ0n) is 16.6. The normalized spacial score (nSPS) is 12.0. The van der Waals surface area contributed by atoms with Crippen LogP contribution in [0.5, 0.6) is 11.5 Å². The van der Waals surface area contributed by atoms with Crippen LogP contribution in [0.4, 0.5) is 17.2 Å². The summed E-state index contributed by atoms with van der Waals surface area (Å²) in [4.78, 5) is 23.7. The molecule has 0 atom stereocenters. The van der Waals surface area contributed by atoms with Gasteiger partial charge in [-0.2, -0.15) is 0 Å². The van der Waals surface area contributed by atoms with E-state index < -0.39 is 0 Å². The number of nitrogens with one attached hydrogen (secondary N) is 1. The van der Waals surface area contributed by atoms with Gasteiger partial charge in [0.1, 0.15) is 17.3 Å². The predicted molar refractivity (Wildman–Crippen MR) is 111 cm³/mol. The van der Waals surface area contributed by atoms with E-state index >= 15 is 0 Å². The first kappa shape index (κ1) is 18.7. The van der Waals surface area contributed by atoms with Crippen LogP contribution in [0.15, 0.2) is 48.5 Å². The maximum Gasteiger partial charge on any atom is 0.277 e. The zero-order valence-corrected chi connectivity index (χ0v) is 16.6. The number of carbonyl (C=O) groups is 1. The molecule has 2 aromatic carbocycles. The smallest absolute Gasteiger partial charge is 0.277 e. The Kier molecular flexibility index (Phi) is 5.03. The quantitative estimate of drug-likeness (QED) is 0.702. The summed E-state index contributed by atoms with van der Waals surface area (Å²) in [6, 6.07) is 15.1. The SMILES string of the molecule is CCN(C(=O)c1cc(Nc2ccc3c(c2)OCO3)nc(C)n1)c1cccc(C)c1. The Balaban J connectivity index is 1.61. The van der Waals surface area contributed by atoms with E-state index in [1.54, 1.807) is 17.9 Å². The fraction of sp³-hybridized carbons (Fsp3) is 0.227. The van der Waals surface area contributed by atoms with Crippen LogP contribution in [0.1, 0.15) is 28.8 Å². The summed E-state index contributed by atoms with van der Waals surface area (Å²) < 4.78 is 10.7. The van der Waals surface area contributed by atoms with Gasteiger partial charge in [-0.25, -0.2) is 9.97 Å². The zero-order chi connectivity index (χ0) is 20.4. The molecular weight excluding hydrogens is 368 g/mol. The number of ether oxygens (including phenoxy) is 2. The first-order valence-corrected chi connectivity index (χ1v) is 9.44. The van der Waals surface area contributed by atoms with Gasteiger partial charge in [0, 0.05) is 30.1 Å². The van der Waals surface area contributed by atoms with Crippen molar-refractivity contribution in [1.82, 2.24) is 9.97 Å². The van der Waals surface area contributed by atoms with Crippen molar-refractivity contribution in [2.75, 3.05) is 23.6 Å². The number of fused-ring (bicyclic) bond motifs is 1. The summed E-state index contributed by atoms with van der Waals surface area (Å²) in [6.07, 6.45) is 0. The van der Waals surface area contributed by atoms with Crippen molar-refractivity contribution in [2.45, 2.75) is 20.8 Å². The molecule has 0 fully saturated rings. The summed E-state index contributed by atoms with van der Waals surface area (Å²) in [6.45, 7) is 6.47. The van der Waals surface area contributed by atoms with Gasteiger partial charge in [-0.3, -0.25) is 4.79 Å². The molecule has 29 heavy (non-hydrogen) atoms. The fourth-order valence-electron chi connectivity index (χ4n) is 3.24. The fourth-order valence-corrected chi connectivity index (χ4v) is 3.24. The van der Waals surface area contributed by atoms with E-state index in [0.717, 1.165) is 16.9 Å². The molecule has 0 bridgehead atoms. The lowest BCUT2D eigenvalue weighted by Gasteiger charge is -2.21. The van der Waals surface area contributed by atoms with Gasteiger partial charge < -0.3 is 19.7 Å². The number of aryl methyl sites for hydroxylation is 2. The third kappa shape index (κ3) is 3.99. The van der Waals surface area contributed by atoms with Crippen molar-refractivity contribution in [3.63, 3.8) is 0 Å². The highest BCUT2D eigenvalue weighted by Gasteiger charge is 2.19. The molecule has 0 saturated carbocycles. The Bertz CT molecular complexity index is 1070. The van der Waals surface area contributed by atoms with E-state index in [1.165, 1.54) is 0 Å². The monoisotopic (exact) mass is 390 g/mol. The Morgan fingerprint density at radius 1 is 1.07 bits per heavy atom. The van der Waals surface area contributed by atoms with E-state index in [9.17, 15) is 4.79 Å². The van der Waals surface area contributed by atoms with E-state index in [2.05, 4.69) is 15.3 Å². The van der Waals surface area contributed by atoms with Crippen molar-refractivity contribution in [3.8, 4) is 11.5 Å². The molecule has 1 aliphatic heterocycles. The molecule has 7 nitrogen and oxygen atoms in total. The third-order valence-electron chi connectivity index (χ3n) is 4.58. The number of carbonyl (C=O) groups excluding carboxylic acids is 1. The summed E-state index contributed by atoms with van der Waals surface area (Å²) in [5.74, 6) is 2.27. The predicted octanol–water partition coefficient (Wildman–Crippen LogP) is 4.23. The Labute approximate surface area is 169 Å². The molecule has 4 rings (SSSR count). The van der Waals surface area contributed by atoms with Gasteiger partial charge in [0.05, 0.1) is 0 Å². The van der Waals surface area contributed by atoms with E-state index in [1.807, 2.05) is 56.3 Å². The molecule has 0 radical (unpaired) electrons. The molecule has 0 unspecified atom stereocenters. The molecule has 3 aromatic rings. The van der Waals surface area contributed by atoms with Crippen LogP contribution in [0.25, 0.3) is 0 Å². The van der Waals surface area contributed by atoms with Gasteiger partial charge in [0.2, 0.25) is 6.79 Å². The summed E-state index contributed by atoms with van der Waals surface area (Å²) in [5.41, 5.74) is 3.07. The lowest BCUT2D eigenvalue weighted by atomic mass is 10.2. The van der Waals surface area contributed by atoms with Crippen molar-refractivity contribution in [2.24, 2.45) is 0 Å². The topological polar surface area (TPSA) is 76.6 Å². The van der Waals surface area contributed by atoms with Crippen LogP contribution in [-0.2, 0) is 0 Å². The molecule has 1 aromatic heterocycles. The van der Waals surface area contributed by atoms with Gasteiger partial charge in [0.25, 0.3) is 5.91 Å². The van der Waals surface area contributed by atoms with E-state index in [-0.39, 0.29) is 12.7 Å². The number of anilines is 3. The number of hydrogen-bond acceptors (Lipinski definition) is 6. The number of aromatic nitrogens is 2. The van der Waals surface area contributed by atoms with Gasteiger partial charge >= 0.3 is 0 Å². The highest BCUT2D eigenvalue weighted by Crippen LogP contribution is 2.35. The maximum absolute atomic E-state index is 13.2. The minimum Gasteiger partial charge on any atom is -0.454 e. The van der Waals surface area contributed by atoms with Crippen molar-refractivity contribution >= 4 is 23.1 Å². The molecular formula is C22H22N4O3. The van der Waals surface area contributed by atoms with Crippen molar-refractivity contribution in [3.05, 3.63) is 65.6 Å². The number of nitrogens with zero attached hydrogens (tertiary/aromatic N) is 3. The Morgan fingerprint density at radius 2 is 1.90 bits per heavy atom. The highest BCUT2D eigenvalue weighted by atomic mass is 16.7. The van der Waals surface area contributed by atoms with Crippen LogP contribution < -0.4 is 19.7 Å². The van der Waals surface area contributed by atoms with Crippen molar-refractivity contribution < 1.29 is 14.3 Å². The molecule has 1 N–H and O–H groups in total. The molecule has 2 heterocycles. The van der Waals surface area contributed by atoms with Crippen LogP contribution in [0, 0.1) is 13.8 Å². The standard InChI is InChI=1S/C22H22N4O3/c1-4-26(17-7-5-6-14(2)10-17)22(27)18-12-21(24-15(3)23-18)25-16-8-9-19-20(11-16)29-13-28-19/h5-12H,4,13H2,1-3H3,(H,23,24,25). The number of benzene rings is 2. The molecule has 148 valence electrons. The third-order valence-corrected chi connectivity index (χ3v) is 4.58. The minimum absolute atomic E-state index is 0.169. The van der Waals surface area contributed by atoms with Crippen molar-refractivity contribution in [1.29, 1.82) is 0 Å². The van der Waals surface area contributed by atoms with Gasteiger partial charge in [-0.1, -0.05) is 12.1 Å². The number of amides is 1. The largest absolute Gasteiger partial charge is 0.454 e. The Hall–Kier alpha value is -3.61. The lowest BCUT2D eigenvalue weighted by Crippen LogP contribution is -2.31. The summed E-state index contributed by atoms with van der Waals surface area (Å²) in [7, 11) is 0. The second kappa shape index (κ2) is 7.79. The van der Waals surface area contributed by atoms with Crippen LogP contribution in [-0.4, -0.2) is 29.2 Å². The molecule has 1 aliphatic rings. The maximum atomic E-state index is 13.2. The minimum atomic E-state index is -0.169. The lowest BCUT2D eigenvalue weighted by molar-refractivity contribution is 0.0983. The van der Waals surface area contributed by atoms with E-state index in [0.29, 0.717) is 35.4 Å². The van der Waals surface area contributed by atoms with Crippen LogP contribution in [0.2, 0.25) is 0 Å². The first-order valence-electron chi connectivity index (χ1n) is 9.44. The average molecular weight is 390 g/mol. The Morgan fingerprint density at radius 3 is 2.69 bits per heavy atom. The number of hydrogen-bond donors (Lipinski definition) is 1. The van der Waals surface area contributed by atoms with Gasteiger partial charge in [-0.15, -0.1) is 0 Å². The van der Waals surface area contributed by atoms with Crippen LogP contribution in [0.3, 0.4) is 0 Å². The second-order valence-corrected chi connectivity index (χ2v) is 6.77. The van der Waals surface area contributed by atoms with Gasteiger partial charge in [-0.05, 0) is 50.6 Å². The van der Waals surface area contributed by atoms with E-state index in [4.69, 9.17) is 9.47 Å². The molecule has 0 spiro atoms. The first-order chi connectivity index (χ1) is 14.0.